The summed E-state index contributed by atoms with van der Waals surface area (Å²) < 4.78 is 0. The minimum atomic E-state index is -0.191. The van der Waals surface area contributed by atoms with E-state index in [1.54, 1.807) is 0 Å². The van der Waals surface area contributed by atoms with Crippen LogP contribution in [-0.2, 0) is 6.42 Å². The number of rotatable bonds is 6. The van der Waals surface area contributed by atoms with Crippen LogP contribution < -0.4 is 10.6 Å². The molecule has 0 saturated heterocycles. The zero-order valence-corrected chi connectivity index (χ0v) is 13.4. The third-order valence-electron chi connectivity index (χ3n) is 4.19. The topological polar surface area (TPSA) is 77.2 Å². The molecule has 2 amide bonds. The van der Waals surface area contributed by atoms with Crippen LogP contribution in [0.5, 0.6) is 0 Å². The average molecular weight is 303 g/mol. The van der Waals surface area contributed by atoms with Crippen LogP contribution in [0, 0.1) is 12.8 Å². The summed E-state index contributed by atoms with van der Waals surface area (Å²) in [6.07, 6.45) is 2.79. The molecule has 0 radical (unpaired) electrons. The smallest absolute Gasteiger partial charge is 0.315 e. The molecule has 2 unspecified atom stereocenters. The predicted molar refractivity (Wildman–Crippen MR) is 89.0 cm³/mol. The molecule has 22 heavy (non-hydrogen) atoms. The number of aromatic amines is 1. The number of carbonyl (C=O) groups excluding carboxylic acids is 1. The van der Waals surface area contributed by atoms with Crippen molar-refractivity contribution < 1.29 is 9.90 Å². The van der Waals surface area contributed by atoms with Crippen LogP contribution in [0.4, 0.5) is 4.79 Å². The van der Waals surface area contributed by atoms with Crippen molar-refractivity contribution in [3.63, 3.8) is 0 Å². The lowest BCUT2D eigenvalue weighted by Gasteiger charge is -2.19. The van der Waals surface area contributed by atoms with E-state index in [2.05, 4.69) is 34.7 Å². The molecule has 5 heteroatoms. The van der Waals surface area contributed by atoms with E-state index in [-0.39, 0.29) is 24.6 Å². The minimum Gasteiger partial charge on any atom is -0.396 e. The molecule has 1 aromatic carbocycles. The Morgan fingerprint density at radius 1 is 1.36 bits per heavy atom. The molecule has 120 valence electrons. The van der Waals surface area contributed by atoms with Crippen LogP contribution >= 0.6 is 0 Å². The number of aliphatic hydroxyl groups is 1. The van der Waals surface area contributed by atoms with Crippen molar-refractivity contribution in [2.24, 2.45) is 5.92 Å². The van der Waals surface area contributed by atoms with E-state index in [0.29, 0.717) is 6.54 Å². The van der Waals surface area contributed by atoms with E-state index in [1.165, 1.54) is 16.5 Å². The molecule has 1 heterocycles. The average Bonchev–Trinajstić information content (AvgIpc) is 2.91. The fourth-order valence-electron chi connectivity index (χ4n) is 2.44. The minimum absolute atomic E-state index is 0.0438. The number of carbonyl (C=O) groups is 1. The van der Waals surface area contributed by atoms with Gasteiger partial charge in [-0.05, 0) is 37.3 Å². The summed E-state index contributed by atoms with van der Waals surface area (Å²) in [6, 6.07) is 5.98. The van der Waals surface area contributed by atoms with Gasteiger partial charge in [0.2, 0.25) is 0 Å². The van der Waals surface area contributed by atoms with E-state index >= 15 is 0 Å². The molecular formula is C17H25N3O2. The summed E-state index contributed by atoms with van der Waals surface area (Å²) in [5.74, 6) is 0.0438. The SMILES string of the molecule is Cc1cccc2c(CCNC(=O)NC(C)C(C)CO)c[nH]c12. The highest BCUT2D eigenvalue weighted by Crippen LogP contribution is 2.21. The van der Waals surface area contributed by atoms with Gasteiger partial charge in [-0.2, -0.15) is 0 Å². The Bertz CT molecular complexity index is 636. The molecule has 0 bridgehead atoms. The van der Waals surface area contributed by atoms with Gasteiger partial charge in [-0.25, -0.2) is 4.79 Å². The molecule has 0 aliphatic heterocycles. The Morgan fingerprint density at radius 3 is 2.86 bits per heavy atom. The Kier molecular flexibility index (Phi) is 5.44. The van der Waals surface area contributed by atoms with Crippen LogP contribution in [0.25, 0.3) is 10.9 Å². The Hall–Kier alpha value is -2.01. The van der Waals surface area contributed by atoms with E-state index in [1.807, 2.05) is 26.1 Å². The first kappa shape index (κ1) is 16.4. The zero-order valence-electron chi connectivity index (χ0n) is 13.4. The normalized spacial score (nSPS) is 13.8. The van der Waals surface area contributed by atoms with E-state index in [4.69, 9.17) is 5.11 Å². The van der Waals surface area contributed by atoms with Crippen LogP contribution in [0.1, 0.15) is 25.0 Å². The van der Waals surface area contributed by atoms with Crippen LogP contribution in [0.2, 0.25) is 0 Å². The number of aliphatic hydroxyl groups excluding tert-OH is 1. The number of aryl methyl sites for hydroxylation is 1. The maximum atomic E-state index is 11.8. The standard InChI is InChI=1S/C17H25N3O2/c1-11-5-4-6-15-14(9-19-16(11)15)7-8-18-17(22)20-13(3)12(2)10-21/h4-6,9,12-13,19,21H,7-8,10H2,1-3H3,(H2,18,20,22). The van der Waals surface area contributed by atoms with Gasteiger partial charge in [0.15, 0.2) is 0 Å². The fraction of sp³-hybridized carbons (Fsp3) is 0.471. The molecular weight excluding hydrogens is 278 g/mol. The lowest BCUT2D eigenvalue weighted by atomic mass is 10.1. The van der Waals surface area contributed by atoms with Crippen molar-refractivity contribution in [3.05, 3.63) is 35.5 Å². The van der Waals surface area contributed by atoms with E-state index < -0.39 is 0 Å². The molecule has 4 N–H and O–H groups in total. The molecule has 0 aliphatic rings. The maximum Gasteiger partial charge on any atom is 0.315 e. The molecule has 5 nitrogen and oxygen atoms in total. The van der Waals surface area contributed by atoms with E-state index in [0.717, 1.165) is 11.9 Å². The number of urea groups is 1. The fourth-order valence-corrected chi connectivity index (χ4v) is 2.44. The lowest BCUT2D eigenvalue weighted by Crippen LogP contribution is -2.44. The van der Waals surface area contributed by atoms with Gasteiger partial charge in [0.25, 0.3) is 0 Å². The van der Waals surface area contributed by atoms with Crippen LogP contribution in [0.15, 0.2) is 24.4 Å². The van der Waals surface area contributed by atoms with Gasteiger partial charge < -0.3 is 20.7 Å². The van der Waals surface area contributed by atoms with Gasteiger partial charge in [-0.3, -0.25) is 0 Å². The quantitative estimate of drug-likeness (QED) is 0.661. The van der Waals surface area contributed by atoms with Gasteiger partial charge in [-0.1, -0.05) is 25.1 Å². The second-order valence-electron chi connectivity index (χ2n) is 5.91. The summed E-state index contributed by atoms with van der Waals surface area (Å²) in [6.45, 7) is 6.52. The third kappa shape index (κ3) is 3.80. The van der Waals surface area contributed by atoms with Crippen molar-refractivity contribution >= 4 is 16.9 Å². The lowest BCUT2D eigenvalue weighted by molar-refractivity contribution is 0.200. The number of hydrogen-bond acceptors (Lipinski definition) is 2. The van der Waals surface area contributed by atoms with E-state index in [9.17, 15) is 4.79 Å². The summed E-state index contributed by atoms with van der Waals surface area (Å²) in [5, 5.41) is 16.0. The summed E-state index contributed by atoms with van der Waals surface area (Å²) >= 11 is 0. The summed E-state index contributed by atoms with van der Waals surface area (Å²) in [7, 11) is 0. The third-order valence-corrected chi connectivity index (χ3v) is 4.19. The van der Waals surface area contributed by atoms with Crippen molar-refractivity contribution in [2.75, 3.05) is 13.2 Å². The van der Waals surface area contributed by atoms with Crippen molar-refractivity contribution in [1.82, 2.24) is 15.6 Å². The Morgan fingerprint density at radius 2 is 2.14 bits per heavy atom. The highest BCUT2D eigenvalue weighted by atomic mass is 16.3. The van der Waals surface area contributed by atoms with Gasteiger partial charge in [0, 0.05) is 36.3 Å². The highest BCUT2D eigenvalue weighted by Gasteiger charge is 2.13. The molecule has 2 aromatic rings. The molecule has 2 atom stereocenters. The largest absolute Gasteiger partial charge is 0.396 e. The van der Waals surface area contributed by atoms with Crippen molar-refractivity contribution in [1.29, 1.82) is 0 Å². The number of nitrogens with one attached hydrogen (secondary N) is 3. The van der Waals surface area contributed by atoms with Gasteiger partial charge in [0.1, 0.15) is 0 Å². The van der Waals surface area contributed by atoms with Crippen LogP contribution in [0.3, 0.4) is 0 Å². The molecule has 1 aromatic heterocycles. The molecule has 0 spiro atoms. The predicted octanol–water partition coefficient (Wildman–Crippen LogP) is 2.33. The molecule has 0 aliphatic carbocycles. The Balaban J connectivity index is 1.85. The first-order chi connectivity index (χ1) is 10.5. The van der Waals surface area contributed by atoms with Crippen molar-refractivity contribution in [3.8, 4) is 0 Å². The zero-order chi connectivity index (χ0) is 16.1. The molecule has 0 fully saturated rings. The number of fused-ring (bicyclic) bond motifs is 1. The first-order valence-electron chi connectivity index (χ1n) is 7.73. The maximum absolute atomic E-state index is 11.8. The highest BCUT2D eigenvalue weighted by molar-refractivity contribution is 5.85. The van der Waals surface area contributed by atoms with Gasteiger partial charge >= 0.3 is 6.03 Å². The number of amides is 2. The number of hydrogen-bond donors (Lipinski definition) is 4. The second-order valence-corrected chi connectivity index (χ2v) is 5.91. The Labute approximate surface area is 131 Å². The number of benzene rings is 1. The number of para-hydroxylation sites is 1. The monoisotopic (exact) mass is 303 g/mol. The molecule has 2 rings (SSSR count). The van der Waals surface area contributed by atoms with Gasteiger partial charge in [-0.15, -0.1) is 0 Å². The van der Waals surface area contributed by atoms with Crippen molar-refractivity contribution in [2.45, 2.75) is 33.2 Å². The summed E-state index contributed by atoms with van der Waals surface area (Å²) in [5.41, 5.74) is 3.59. The first-order valence-corrected chi connectivity index (χ1v) is 7.73. The number of H-pyrrole nitrogens is 1. The van der Waals surface area contributed by atoms with Crippen LogP contribution in [-0.4, -0.2) is 35.3 Å². The second kappa shape index (κ2) is 7.31. The van der Waals surface area contributed by atoms with Gasteiger partial charge in [0.05, 0.1) is 0 Å². The molecule has 0 saturated carbocycles. The summed E-state index contributed by atoms with van der Waals surface area (Å²) in [4.78, 5) is 15.1. The number of aromatic nitrogens is 1.